The third-order valence-electron chi connectivity index (χ3n) is 3.30. The van der Waals surface area contributed by atoms with Crippen LogP contribution in [0.5, 0.6) is 0 Å². The molecule has 0 bridgehead atoms. The molecule has 1 amide bonds. The number of amides is 1. The third kappa shape index (κ3) is 4.51. The molecule has 0 saturated carbocycles. The number of pyridine rings is 1. The fourth-order valence-corrected chi connectivity index (χ4v) is 2.13. The molecular formula is C14H20N4O3. The molecule has 7 heteroatoms. The SMILES string of the molecule is COC(=O)c1cccc(C(=O)NCCN2CCNCC2)n1. The molecule has 1 fully saturated rings. The van der Waals surface area contributed by atoms with Gasteiger partial charge in [-0.05, 0) is 12.1 Å². The van der Waals surface area contributed by atoms with E-state index >= 15 is 0 Å². The van der Waals surface area contributed by atoms with Crippen molar-refractivity contribution in [2.24, 2.45) is 0 Å². The van der Waals surface area contributed by atoms with Crippen molar-refractivity contribution in [3.05, 3.63) is 29.6 Å². The summed E-state index contributed by atoms with van der Waals surface area (Å²) < 4.78 is 4.59. The molecule has 1 aromatic rings. The molecule has 0 aliphatic carbocycles. The Hall–Kier alpha value is -1.99. The second kappa shape index (κ2) is 7.70. The van der Waals surface area contributed by atoms with E-state index in [1.807, 2.05) is 0 Å². The van der Waals surface area contributed by atoms with Gasteiger partial charge in [-0.1, -0.05) is 6.07 Å². The number of piperazine rings is 1. The predicted molar refractivity (Wildman–Crippen MR) is 77.2 cm³/mol. The van der Waals surface area contributed by atoms with Crippen LogP contribution in [0, 0.1) is 0 Å². The Kier molecular flexibility index (Phi) is 5.65. The van der Waals surface area contributed by atoms with Crippen LogP contribution in [-0.2, 0) is 4.74 Å². The molecule has 114 valence electrons. The zero-order valence-corrected chi connectivity index (χ0v) is 12.1. The highest BCUT2D eigenvalue weighted by molar-refractivity contribution is 5.94. The lowest BCUT2D eigenvalue weighted by Gasteiger charge is -2.27. The van der Waals surface area contributed by atoms with Gasteiger partial charge in [-0.2, -0.15) is 0 Å². The van der Waals surface area contributed by atoms with E-state index < -0.39 is 5.97 Å². The van der Waals surface area contributed by atoms with Crippen molar-refractivity contribution >= 4 is 11.9 Å². The van der Waals surface area contributed by atoms with Crippen molar-refractivity contribution < 1.29 is 14.3 Å². The van der Waals surface area contributed by atoms with Gasteiger partial charge in [0.2, 0.25) is 0 Å². The number of ether oxygens (including phenoxy) is 1. The van der Waals surface area contributed by atoms with Gasteiger partial charge in [0.25, 0.3) is 5.91 Å². The lowest BCUT2D eigenvalue weighted by Crippen LogP contribution is -2.46. The Bertz CT molecular complexity index is 501. The lowest BCUT2D eigenvalue weighted by atomic mass is 10.3. The van der Waals surface area contributed by atoms with E-state index in [0.717, 1.165) is 32.7 Å². The molecule has 7 nitrogen and oxygen atoms in total. The number of hydrogen-bond donors (Lipinski definition) is 2. The number of rotatable bonds is 5. The van der Waals surface area contributed by atoms with Crippen LogP contribution in [0.15, 0.2) is 18.2 Å². The number of carbonyl (C=O) groups is 2. The second-order valence-electron chi connectivity index (χ2n) is 4.75. The second-order valence-corrected chi connectivity index (χ2v) is 4.75. The summed E-state index contributed by atoms with van der Waals surface area (Å²) in [5.74, 6) is -0.832. The number of aromatic nitrogens is 1. The number of nitrogens with one attached hydrogen (secondary N) is 2. The predicted octanol–water partition coefficient (Wildman–Crippen LogP) is -0.497. The van der Waals surface area contributed by atoms with Crippen LogP contribution < -0.4 is 10.6 Å². The maximum Gasteiger partial charge on any atom is 0.356 e. The first kappa shape index (κ1) is 15.4. The molecule has 0 unspecified atom stereocenters. The van der Waals surface area contributed by atoms with E-state index in [1.165, 1.54) is 13.2 Å². The van der Waals surface area contributed by atoms with Gasteiger partial charge in [-0.25, -0.2) is 9.78 Å². The van der Waals surface area contributed by atoms with Crippen molar-refractivity contribution in [1.82, 2.24) is 20.5 Å². The summed E-state index contributed by atoms with van der Waals surface area (Å²) in [6.45, 7) is 5.32. The number of esters is 1. The first-order valence-electron chi connectivity index (χ1n) is 6.97. The first-order chi connectivity index (χ1) is 10.2. The Balaban J connectivity index is 1.83. The number of methoxy groups -OCH3 is 1. The maximum absolute atomic E-state index is 12.0. The minimum absolute atomic E-state index is 0.132. The van der Waals surface area contributed by atoms with Crippen molar-refractivity contribution in [2.75, 3.05) is 46.4 Å². The molecule has 21 heavy (non-hydrogen) atoms. The highest BCUT2D eigenvalue weighted by atomic mass is 16.5. The zero-order valence-electron chi connectivity index (χ0n) is 12.1. The summed E-state index contributed by atoms with van der Waals surface area (Å²) in [6.07, 6.45) is 0. The third-order valence-corrected chi connectivity index (χ3v) is 3.30. The summed E-state index contributed by atoms with van der Waals surface area (Å²) >= 11 is 0. The Morgan fingerprint density at radius 3 is 2.76 bits per heavy atom. The molecular weight excluding hydrogens is 272 g/mol. The standard InChI is InChI=1S/C14H20N4O3/c1-21-14(20)12-4-2-3-11(17-12)13(19)16-7-10-18-8-5-15-6-9-18/h2-4,15H,5-10H2,1H3,(H,16,19). The number of hydrogen-bond acceptors (Lipinski definition) is 6. The molecule has 1 aliphatic rings. The van der Waals surface area contributed by atoms with Gasteiger partial charge in [0.1, 0.15) is 11.4 Å². The topological polar surface area (TPSA) is 83.6 Å². The van der Waals surface area contributed by atoms with Crippen LogP contribution in [0.2, 0.25) is 0 Å². The fourth-order valence-electron chi connectivity index (χ4n) is 2.13. The molecule has 0 spiro atoms. The molecule has 1 aromatic heterocycles. The average Bonchev–Trinajstić information content (AvgIpc) is 2.55. The molecule has 2 rings (SSSR count). The highest BCUT2D eigenvalue weighted by Crippen LogP contribution is 2.01. The van der Waals surface area contributed by atoms with Crippen molar-refractivity contribution in [2.45, 2.75) is 0 Å². The van der Waals surface area contributed by atoms with Crippen molar-refractivity contribution in [3.63, 3.8) is 0 Å². The molecule has 2 N–H and O–H groups in total. The van der Waals surface area contributed by atoms with Crippen LogP contribution in [0.25, 0.3) is 0 Å². The van der Waals surface area contributed by atoms with Crippen molar-refractivity contribution in [1.29, 1.82) is 0 Å². The monoisotopic (exact) mass is 292 g/mol. The van der Waals surface area contributed by atoms with Gasteiger partial charge in [0, 0.05) is 39.3 Å². The van der Waals surface area contributed by atoms with Gasteiger partial charge < -0.3 is 15.4 Å². The van der Waals surface area contributed by atoms with E-state index in [4.69, 9.17) is 0 Å². The average molecular weight is 292 g/mol. The van der Waals surface area contributed by atoms with Gasteiger partial charge in [0.05, 0.1) is 7.11 Å². The number of nitrogens with zero attached hydrogens (tertiary/aromatic N) is 2. The first-order valence-corrected chi connectivity index (χ1v) is 6.97. The van der Waals surface area contributed by atoms with Crippen LogP contribution >= 0.6 is 0 Å². The molecule has 0 radical (unpaired) electrons. The minimum atomic E-state index is -0.550. The van der Waals surface area contributed by atoms with Gasteiger partial charge in [-0.15, -0.1) is 0 Å². The van der Waals surface area contributed by atoms with E-state index in [-0.39, 0.29) is 17.3 Å². The van der Waals surface area contributed by atoms with Gasteiger partial charge >= 0.3 is 5.97 Å². The van der Waals surface area contributed by atoms with Gasteiger partial charge in [0.15, 0.2) is 0 Å². The smallest absolute Gasteiger partial charge is 0.356 e. The quantitative estimate of drug-likeness (QED) is 0.712. The molecule has 1 saturated heterocycles. The van der Waals surface area contributed by atoms with Crippen LogP contribution in [0.4, 0.5) is 0 Å². The fraction of sp³-hybridized carbons (Fsp3) is 0.500. The molecule has 0 aromatic carbocycles. The normalized spacial score (nSPS) is 15.5. The molecule has 2 heterocycles. The number of carbonyl (C=O) groups excluding carboxylic acids is 2. The van der Waals surface area contributed by atoms with E-state index in [9.17, 15) is 9.59 Å². The van der Waals surface area contributed by atoms with E-state index in [0.29, 0.717) is 6.54 Å². The summed E-state index contributed by atoms with van der Waals surface area (Å²) in [5.41, 5.74) is 0.352. The van der Waals surface area contributed by atoms with Crippen LogP contribution in [-0.4, -0.2) is 68.1 Å². The summed E-state index contributed by atoms with van der Waals surface area (Å²) in [6, 6.07) is 4.71. The Labute approximate surface area is 123 Å². The highest BCUT2D eigenvalue weighted by Gasteiger charge is 2.13. The maximum atomic E-state index is 12.0. The zero-order chi connectivity index (χ0) is 15.1. The largest absolute Gasteiger partial charge is 0.464 e. The van der Waals surface area contributed by atoms with Crippen LogP contribution in [0.3, 0.4) is 0 Å². The Morgan fingerprint density at radius 1 is 1.33 bits per heavy atom. The Morgan fingerprint density at radius 2 is 2.05 bits per heavy atom. The summed E-state index contributed by atoms with van der Waals surface area (Å²) in [4.78, 5) is 29.7. The minimum Gasteiger partial charge on any atom is -0.464 e. The van der Waals surface area contributed by atoms with Crippen molar-refractivity contribution in [3.8, 4) is 0 Å². The summed E-state index contributed by atoms with van der Waals surface area (Å²) in [7, 11) is 1.28. The van der Waals surface area contributed by atoms with E-state index in [1.54, 1.807) is 12.1 Å². The lowest BCUT2D eigenvalue weighted by molar-refractivity contribution is 0.0594. The molecule has 0 atom stereocenters. The molecule has 1 aliphatic heterocycles. The van der Waals surface area contributed by atoms with E-state index in [2.05, 4.69) is 25.3 Å². The van der Waals surface area contributed by atoms with Crippen LogP contribution in [0.1, 0.15) is 21.0 Å². The summed E-state index contributed by atoms with van der Waals surface area (Å²) in [5, 5.41) is 6.09. The van der Waals surface area contributed by atoms with Gasteiger partial charge in [-0.3, -0.25) is 9.69 Å².